The fourth-order valence-electron chi connectivity index (χ4n) is 2.00. The van der Waals surface area contributed by atoms with E-state index < -0.39 is 10.0 Å². The average Bonchev–Trinajstić information content (AvgIpc) is 2.58. The van der Waals surface area contributed by atoms with Gasteiger partial charge in [0.05, 0.1) is 17.6 Å². The Morgan fingerprint density at radius 3 is 2.78 bits per heavy atom. The molecule has 1 aliphatic rings. The molecule has 1 aromatic rings. The van der Waals surface area contributed by atoms with E-state index >= 15 is 0 Å². The Hall–Kier alpha value is -0.740. The maximum atomic E-state index is 11.8. The molecule has 0 spiro atoms. The van der Waals surface area contributed by atoms with Gasteiger partial charge in [0.1, 0.15) is 3.70 Å². The molecule has 1 amide bonds. The smallest absolute Gasteiger partial charge is 0.227 e. The number of rotatable bonds is 3. The summed E-state index contributed by atoms with van der Waals surface area (Å²) in [5, 5.41) is 4.99. The standard InChI is InChI=1S/C10H12IN3O3S/c11-9-2-1-8(4-13-9)14-5-7(3-10(14)15)6-18(12,16)17/h1-2,4,7H,3,5-6H2,(H2,12,16,17). The van der Waals surface area contributed by atoms with Crippen LogP contribution in [0.1, 0.15) is 6.42 Å². The molecule has 1 aliphatic heterocycles. The number of primary sulfonamides is 1. The lowest BCUT2D eigenvalue weighted by Crippen LogP contribution is -2.27. The second-order valence-corrected chi connectivity index (χ2v) is 7.01. The third-order valence-electron chi connectivity index (χ3n) is 2.70. The van der Waals surface area contributed by atoms with Gasteiger partial charge in [-0.3, -0.25) is 4.79 Å². The van der Waals surface area contributed by atoms with Crippen molar-refractivity contribution in [2.75, 3.05) is 17.2 Å². The van der Waals surface area contributed by atoms with Crippen molar-refractivity contribution in [2.24, 2.45) is 11.1 Å². The number of pyridine rings is 1. The van der Waals surface area contributed by atoms with Crippen molar-refractivity contribution in [3.8, 4) is 0 Å². The van der Waals surface area contributed by atoms with Gasteiger partial charge in [0, 0.05) is 18.9 Å². The summed E-state index contributed by atoms with van der Waals surface area (Å²) >= 11 is 2.08. The van der Waals surface area contributed by atoms with E-state index in [4.69, 9.17) is 5.14 Å². The Morgan fingerprint density at radius 2 is 2.22 bits per heavy atom. The first kappa shape index (κ1) is 13.7. The summed E-state index contributed by atoms with van der Waals surface area (Å²) in [4.78, 5) is 17.5. The Bertz CT molecular complexity index is 558. The molecular weight excluding hydrogens is 369 g/mol. The van der Waals surface area contributed by atoms with Gasteiger partial charge in [-0.05, 0) is 34.7 Å². The third kappa shape index (κ3) is 3.39. The molecule has 2 heterocycles. The third-order valence-corrected chi connectivity index (χ3v) is 4.27. The van der Waals surface area contributed by atoms with E-state index in [1.54, 1.807) is 23.2 Å². The average molecular weight is 381 g/mol. The number of nitrogens with zero attached hydrogens (tertiary/aromatic N) is 2. The molecule has 0 bridgehead atoms. The number of hydrogen-bond donors (Lipinski definition) is 1. The molecule has 0 radical (unpaired) electrons. The van der Waals surface area contributed by atoms with Crippen LogP contribution in [-0.2, 0) is 14.8 Å². The summed E-state index contributed by atoms with van der Waals surface area (Å²) in [5.41, 5.74) is 0.692. The fraction of sp³-hybridized carbons (Fsp3) is 0.400. The summed E-state index contributed by atoms with van der Waals surface area (Å²) < 4.78 is 22.9. The lowest BCUT2D eigenvalue weighted by molar-refractivity contribution is -0.117. The molecule has 98 valence electrons. The van der Waals surface area contributed by atoms with Crippen LogP contribution in [0.3, 0.4) is 0 Å². The van der Waals surface area contributed by atoms with Gasteiger partial charge in [-0.2, -0.15) is 0 Å². The number of nitrogens with two attached hydrogens (primary N) is 1. The maximum Gasteiger partial charge on any atom is 0.227 e. The van der Waals surface area contributed by atoms with Crippen molar-refractivity contribution < 1.29 is 13.2 Å². The van der Waals surface area contributed by atoms with Crippen LogP contribution in [0.4, 0.5) is 5.69 Å². The van der Waals surface area contributed by atoms with E-state index in [0.29, 0.717) is 12.2 Å². The highest BCUT2D eigenvalue weighted by Gasteiger charge is 2.32. The zero-order valence-corrected chi connectivity index (χ0v) is 12.4. The predicted octanol–water partition coefficient (Wildman–Crippen LogP) is 0.328. The molecule has 2 N–H and O–H groups in total. The van der Waals surface area contributed by atoms with E-state index in [-0.39, 0.29) is 24.0 Å². The van der Waals surface area contributed by atoms with Crippen LogP contribution in [0.2, 0.25) is 0 Å². The lowest BCUT2D eigenvalue weighted by Gasteiger charge is -2.16. The molecule has 8 heteroatoms. The Kier molecular flexibility index (Phi) is 3.87. The van der Waals surface area contributed by atoms with Crippen LogP contribution in [0, 0.1) is 9.62 Å². The summed E-state index contributed by atoms with van der Waals surface area (Å²) in [5.74, 6) is -0.494. The molecule has 18 heavy (non-hydrogen) atoms. The molecule has 1 atom stereocenters. The molecule has 1 fully saturated rings. The number of aromatic nitrogens is 1. The molecule has 2 rings (SSSR count). The second kappa shape index (κ2) is 5.10. The van der Waals surface area contributed by atoms with Crippen LogP contribution in [-0.4, -0.2) is 31.6 Å². The SMILES string of the molecule is NS(=O)(=O)CC1CC(=O)N(c2ccc(I)nc2)C1. The molecule has 0 aliphatic carbocycles. The first-order valence-corrected chi connectivity index (χ1v) is 8.07. The minimum Gasteiger partial charge on any atom is -0.311 e. The summed E-state index contributed by atoms with van der Waals surface area (Å²) in [6.07, 6.45) is 1.82. The minimum atomic E-state index is -3.54. The van der Waals surface area contributed by atoms with Crippen molar-refractivity contribution in [2.45, 2.75) is 6.42 Å². The van der Waals surface area contributed by atoms with Crippen LogP contribution in [0.25, 0.3) is 0 Å². The van der Waals surface area contributed by atoms with E-state index in [9.17, 15) is 13.2 Å². The largest absolute Gasteiger partial charge is 0.311 e. The maximum absolute atomic E-state index is 11.8. The van der Waals surface area contributed by atoms with Gasteiger partial charge >= 0.3 is 0 Å². The summed E-state index contributed by atoms with van der Waals surface area (Å²) in [7, 11) is -3.54. The minimum absolute atomic E-state index is 0.0911. The van der Waals surface area contributed by atoms with Crippen LogP contribution >= 0.6 is 22.6 Å². The predicted molar refractivity (Wildman–Crippen MR) is 75.4 cm³/mol. The Morgan fingerprint density at radius 1 is 1.50 bits per heavy atom. The highest BCUT2D eigenvalue weighted by Crippen LogP contribution is 2.25. The first-order valence-electron chi connectivity index (χ1n) is 5.27. The fourth-order valence-corrected chi connectivity index (χ4v) is 3.20. The lowest BCUT2D eigenvalue weighted by atomic mass is 10.1. The van der Waals surface area contributed by atoms with Gasteiger partial charge in [-0.25, -0.2) is 18.5 Å². The molecule has 1 unspecified atom stereocenters. The van der Waals surface area contributed by atoms with Crippen LogP contribution in [0.5, 0.6) is 0 Å². The van der Waals surface area contributed by atoms with Crippen LogP contribution in [0.15, 0.2) is 18.3 Å². The van der Waals surface area contributed by atoms with Crippen molar-refractivity contribution >= 4 is 44.2 Å². The second-order valence-electron chi connectivity index (χ2n) is 4.24. The molecule has 1 aromatic heterocycles. The zero-order chi connectivity index (χ0) is 13.3. The normalized spacial score (nSPS) is 20.4. The highest BCUT2D eigenvalue weighted by molar-refractivity contribution is 14.1. The number of amides is 1. The molecular formula is C10H12IN3O3S. The Balaban J connectivity index is 2.12. The first-order chi connectivity index (χ1) is 8.35. The number of hydrogen-bond acceptors (Lipinski definition) is 4. The van der Waals surface area contributed by atoms with Crippen molar-refractivity contribution in [1.82, 2.24) is 4.98 Å². The number of halogens is 1. The molecule has 1 saturated heterocycles. The zero-order valence-electron chi connectivity index (χ0n) is 9.41. The quantitative estimate of drug-likeness (QED) is 0.603. The van der Waals surface area contributed by atoms with E-state index in [1.807, 2.05) is 0 Å². The molecule has 0 aromatic carbocycles. The van der Waals surface area contributed by atoms with Gasteiger partial charge in [0.2, 0.25) is 15.9 Å². The van der Waals surface area contributed by atoms with Crippen LogP contribution < -0.4 is 10.0 Å². The van der Waals surface area contributed by atoms with Gasteiger partial charge in [0.25, 0.3) is 0 Å². The number of sulfonamides is 1. The number of carbonyl (C=O) groups is 1. The van der Waals surface area contributed by atoms with Crippen molar-refractivity contribution in [3.63, 3.8) is 0 Å². The van der Waals surface area contributed by atoms with Gasteiger partial charge in [-0.15, -0.1) is 0 Å². The van der Waals surface area contributed by atoms with E-state index in [2.05, 4.69) is 27.6 Å². The summed E-state index contributed by atoms with van der Waals surface area (Å²) in [6, 6.07) is 3.60. The topological polar surface area (TPSA) is 93.4 Å². The van der Waals surface area contributed by atoms with Crippen molar-refractivity contribution in [1.29, 1.82) is 0 Å². The Labute approximate surface area is 119 Å². The number of anilines is 1. The van der Waals surface area contributed by atoms with Gasteiger partial charge < -0.3 is 4.90 Å². The van der Waals surface area contributed by atoms with E-state index in [1.165, 1.54) is 0 Å². The molecule has 6 nitrogen and oxygen atoms in total. The molecule has 0 saturated carbocycles. The van der Waals surface area contributed by atoms with Gasteiger partial charge in [-0.1, -0.05) is 0 Å². The monoisotopic (exact) mass is 381 g/mol. The summed E-state index contributed by atoms with van der Waals surface area (Å²) in [6.45, 7) is 0.373. The number of carbonyl (C=O) groups excluding carboxylic acids is 1. The van der Waals surface area contributed by atoms with E-state index in [0.717, 1.165) is 3.70 Å². The van der Waals surface area contributed by atoms with Crippen molar-refractivity contribution in [3.05, 3.63) is 22.0 Å². The van der Waals surface area contributed by atoms with Gasteiger partial charge in [0.15, 0.2) is 0 Å². The highest BCUT2D eigenvalue weighted by atomic mass is 127.